The van der Waals surface area contributed by atoms with Gasteiger partial charge in [-0.3, -0.25) is 0 Å². The molecule has 0 N–H and O–H groups in total. The molecular formula is C8H10BrNO. The van der Waals surface area contributed by atoms with Gasteiger partial charge in [-0.1, -0.05) is 22.9 Å². The van der Waals surface area contributed by atoms with E-state index in [0.717, 1.165) is 17.5 Å². The molecule has 0 aliphatic rings. The summed E-state index contributed by atoms with van der Waals surface area (Å²) in [6.45, 7) is 2.79. The standard InChI is InChI=1S/C8H10BrNO/c1-2-5-11-8-6-7(9)3-4-10-8/h3-4,6H,2,5H2,1H3. The summed E-state index contributed by atoms with van der Waals surface area (Å²) >= 11 is 3.33. The number of hydrogen-bond donors (Lipinski definition) is 0. The Balaban J connectivity index is 2.56. The van der Waals surface area contributed by atoms with Crippen molar-refractivity contribution in [3.05, 3.63) is 22.8 Å². The summed E-state index contributed by atoms with van der Waals surface area (Å²) in [5, 5.41) is 0. The lowest BCUT2D eigenvalue weighted by molar-refractivity contribution is 0.305. The average Bonchev–Trinajstić information content (AvgIpc) is 2.01. The first-order valence-corrected chi connectivity index (χ1v) is 4.36. The van der Waals surface area contributed by atoms with Gasteiger partial charge in [0.15, 0.2) is 0 Å². The maximum atomic E-state index is 5.29. The fourth-order valence-corrected chi connectivity index (χ4v) is 0.985. The fraction of sp³-hybridized carbons (Fsp3) is 0.375. The van der Waals surface area contributed by atoms with Crippen LogP contribution in [0, 0.1) is 0 Å². The topological polar surface area (TPSA) is 22.1 Å². The first kappa shape index (κ1) is 8.53. The van der Waals surface area contributed by atoms with Crippen molar-refractivity contribution in [2.75, 3.05) is 6.61 Å². The van der Waals surface area contributed by atoms with Crippen LogP contribution < -0.4 is 4.74 Å². The molecule has 0 unspecified atom stereocenters. The van der Waals surface area contributed by atoms with Crippen LogP contribution in [0.3, 0.4) is 0 Å². The summed E-state index contributed by atoms with van der Waals surface area (Å²) in [5.74, 6) is 0.682. The van der Waals surface area contributed by atoms with Gasteiger partial charge in [0.1, 0.15) is 0 Å². The van der Waals surface area contributed by atoms with Gasteiger partial charge in [0.25, 0.3) is 0 Å². The first-order chi connectivity index (χ1) is 5.33. The highest BCUT2D eigenvalue weighted by Crippen LogP contribution is 2.14. The Kier molecular flexibility index (Phi) is 3.36. The van der Waals surface area contributed by atoms with Gasteiger partial charge in [0.2, 0.25) is 5.88 Å². The van der Waals surface area contributed by atoms with Crippen LogP contribution in [0.2, 0.25) is 0 Å². The zero-order chi connectivity index (χ0) is 8.10. The van der Waals surface area contributed by atoms with Crippen LogP contribution in [0.1, 0.15) is 13.3 Å². The lowest BCUT2D eigenvalue weighted by Gasteiger charge is -2.01. The molecule has 0 amide bonds. The Morgan fingerprint density at radius 3 is 3.09 bits per heavy atom. The van der Waals surface area contributed by atoms with Gasteiger partial charge in [-0.15, -0.1) is 0 Å². The summed E-state index contributed by atoms with van der Waals surface area (Å²) in [5.41, 5.74) is 0. The molecule has 0 aliphatic carbocycles. The van der Waals surface area contributed by atoms with E-state index < -0.39 is 0 Å². The predicted molar refractivity (Wildman–Crippen MR) is 47.7 cm³/mol. The maximum Gasteiger partial charge on any atom is 0.214 e. The smallest absolute Gasteiger partial charge is 0.214 e. The number of halogens is 1. The molecule has 0 radical (unpaired) electrons. The molecule has 3 heteroatoms. The molecule has 2 nitrogen and oxygen atoms in total. The molecule has 1 rings (SSSR count). The molecule has 0 bridgehead atoms. The molecule has 60 valence electrons. The molecule has 1 heterocycles. The monoisotopic (exact) mass is 215 g/mol. The van der Waals surface area contributed by atoms with Crippen LogP contribution in [0.4, 0.5) is 0 Å². The van der Waals surface area contributed by atoms with Gasteiger partial charge in [0.05, 0.1) is 6.61 Å². The highest BCUT2D eigenvalue weighted by Gasteiger charge is 1.93. The van der Waals surface area contributed by atoms with Crippen molar-refractivity contribution in [1.29, 1.82) is 0 Å². The molecule has 1 aromatic rings. The molecule has 0 saturated heterocycles. The van der Waals surface area contributed by atoms with E-state index in [4.69, 9.17) is 4.74 Å². The van der Waals surface area contributed by atoms with E-state index in [-0.39, 0.29) is 0 Å². The Bertz CT molecular complexity index is 227. The van der Waals surface area contributed by atoms with Gasteiger partial charge in [-0.25, -0.2) is 4.98 Å². The zero-order valence-corrected chi connectivity index (χ0v) is 7.97. The molecule has 1 aromatic heterocycles. The lowest BCUT2D eigenvalue weighted by Crippen LogP contribution is -1.96. The van der Waals surface area contributed by atoms with Crippen molar-refractivity contribution in [1.82, 2.24) is 4.98 Å². The van der Waals surface area contributed by atoms with E-state index in [2.05, 4.69) is 27.8 Å². The molecule has 0 atom stereocenters. The van der Waals surface area contributed by atoms with Crippen molar-refractivity contribution < 1.29 is 4.74 Å². The van der Waals surface area contributed by atoms with Crippen molar-refractivity contribution in [3.8, 4) is 5.88 Å². The molecule has 0 spiro atoms. The summed E-state index contributed by atoms with van der Waals surface area (Å²) in [6.07, 6.45) is 2.73. The minimum atomic E-state index is 0.682. The summed E-state index contributed by atoms with van der Waals surface area (Å²) < 4.78 is 6.29. The molecule has 11 heavy (non-hydrogen) atoms. The van der Waals surface area contributed by atoms with Crippen LogP contribution in [-0.2, 0) is 0 Å². The fourth-order valence-electron chi connectivity index (χ4n) is 0.671. The Hall–Kier alpha value is -0.570. The van der Waals surface area contributed by atoms with E-state index in [1.54, 1.807) is 6.20 Å². The second-order valence-electron chi connectivity index (χ2n) is 2.16. The van der Waals surface area contributed by atoms with Crippen LogP contribution >= 0.6 is 15.9 Å². The van der Waals surface area contributed by atoms with Crippen molar-refractivity contribution in [2.24, 2.45) is 0 Å². The predicted octanol–water partition coefficient (Wildman–Crippen LogP) is 2.63. The number of nitrogens with zero attached hydrogens (tertiary/aromatic N) is 1. The van der Waals surface area contributed by atoms with Crippen molar-refractivity contribution in [2.45, 2.75) is 13.3 Å². The van der Waals surface area contributed by atoms with Crippen molar-refractivity contribution in [3.63, 3.8) is 0 Å². The Labute approximate surface area is 74.7 Å². The van der Waals surface area contributed by atoms with Crippen LogP contribution in [0.5, 0.6) is 5.88 Å². The highest BCUT2D eigenvalue weighted by molar-refractivity contribution is 9.10. The van der Waals surface area contributed by atoms with E-state index in [1.807, 2.05) is 12.1 Å². The maximum absolute atomic E-state index is 5.29. The largest absolute Gasteiger partial charge is 0.478 e. The minimum Gasteiger partial charge on any atom is -0.478 e. The lowest BCUT2D eigenvalue weighted by atomic mass is 10.5. The third-order valence-electron chi connectivity index (χ3n) is 1.15. The number of hydrogen-bond acceptors (Lipinski definition) is 2. The number of rotatable bonds is 3. The van der Waals surface area contributed by atoms with E-state index in [0.29, 0.717) is 5.88 Å². The van der Waals surface area contributed by atoms with Gasteiger partial charge in [-0.2, -0.15) is 0 Å². The van der Waals surface area contributed by atoms with Gasteiger partial charge in [-0.05, 0) is 12.5 Å². The van der Waals surface area contributed by atoms with Gasteiger partial charge in [0, 0.05) is 16.7 Å². The Morgan fingerprint density at radius 1 is 1.64 bits per heavy atom. The molecule has 0 aliphatic heterocycles. The summed E-state index contributed by atoms with van der Waals surface area (Å²) in [7, 11) is 0. The number of ether oxygens (including phenoxy) is 1. The quantitative estimate of drug-likeness (QED) is 0.774. The van der Waals surface area contributed by atoms with E-state index >= 15 is 0 Å². The van der Waals surface area contributed by atoms with Crippen LogP contribution in [0.25, 0.3) is 0 Å². The molecule has 0 aromatic carbocycles. The highest BCUT2D eigenvalue weighted by atomic mass is 79.9. The Morgan fingerprint density at radius 2 is 2.45 bits per heavy atom. The molecular weight excluding hydrogens is 206 g/mol. The van der Waals surface area contributed by atoms with E-state index in [1.165, 1.54) is 0 Å². The zero-order valence-electron chi connectivity index (χ0n) is 6.38. The van der Waals surface area contributed by atoms with Crippen LogP contribution in [0.15, 0.2) is 22.8 Å². The number of pyridine rings is 1. The summed E-state index contributed by atoms with van der Waals surface area (Å²) in [6, 6.07) is 3.73. The second-order valence-corrected chi connectivity index (χ2v) is 3.08. The average molecular weight is 216 g/mol. The normalized spacial score (nSPS) is 9.64. The molecule has 0 fully saturated rings. The van der Waals surface area contributed by atoms with Gasteiger partial charge >= 0.3 is 0 Å². The molecule has 0 saturated carbocycles. The first-order valence-electron chi connectivity index (χ1n) is 3.57. The minimum absolute atomic E-state index is 0.682. The second kappa shape index (κ2) is 4.34. The van der Waals surface area contributed by atoms with Crippen LogP contribution in [-0.4, -0.2) is 11.6 Å². The van der Waals surface area contributed by atoms with E-state index in [9.17, 15) is 0 Å². The third kappa shape index (κ3) is 2.89. The SMILES string of the molecule is CCCOc1cc(Br)ccn1. The van der Waals surface area contributed by atoms with Crippen molar-refractivity contribution >= 4 is 15.9 Å². The van der Waals surface area contributed by atoms with Gasteiger partial charge < -0.3 is 4.74 Å². The number of aromatic nitrogens is 1. The summed E-state index contributed by atoms with van der Waals surface area (Å²) in [4.78, 5) is 4.02. The third-order valence-corrected chi connectivity index (χ3v) is 1.64.